The molecule has 162 valence electrons. The minimum Gasteiger partial charge on any atom is -0.496 e. The molecular weight excluding hydrogens is 394 g/mol. The Labute approximate surface area is 182 Å². The van der Waals surface area contributed by atoms with E-state index in [0.717, 1.165) is 60.8 Å². The molecular formula is C25H33NO3S. The highest BCUT2D eigenvalue weighted by Gasteiger charge is 2.39. The first-order valence-electron chi connectivity index (χ1n) is 11.0. The molecule has 0 aliphatic carbocycles. The first-order valence-corrected chi connectivity index (χ1v) is 12.3. The van der Waals surface area contributed by atoms with Crippen molar-refractivity contribution in [2.45, 2.75) is 68.8 Å². The van der Waals surface area contributed by atoms with Gasteiger partial charge in [0.25, 0.3) is 0 Å². The van der Waals surface area contributed by atoms with E-state index in [1.54, 1.807) is 13.2 Å². The van der Waals surface area contributed by atoms with Crippen LogP contribution in [0, 0.1) is 0 Å². The summed E-state index contributed by atoms with van der Waals surface area (Å²) in [5.74, 6) is 1.09. The fraction of sp³-hybridized carbons (Fsp3) is 0.480. The van der Waals surface area contributed by atoms with Gasteiger partial charge in [-0.2, -0.15) is 0 Å². The molecule has 0 radical (unpaired) electrons. The molecule has 0 amide bonds. The standard InChI is InChI=1S/C25H33NO3S/c1-4-6-13-25(14-7-5-2)18-30(28)23-15-20(17-27)22(29-3)16-21(23)24(26-25)19-11-9-8-10-12-19/h8-12,15-17,24,26H,4-7,13-14,18H2,1-3H3. The van der Waals surface area contributed by atoms with Gasteiger partial charge in [-0.15, -0.1) is 0 Å². The number of carbonyl (C=O) groups is 1. The summed E-state index contributed by atoms with van der Waals surface area (Å²) in [6.45, 7) is 4.40. The highest BCUT2D eigenvalue weighted by molar-refractivity contribution is 7.85. The number of hydrogen-bond acceptors (Lipinski definition) is 4. The number of methoxy groups -OCH3 is 1. The van der Waals surface area contributed by atoms with Crippen LogP contribution in [0.4, 0.5) is 0 Å². The molecule has 2 aromatic rings. The molecule has 0 saturated heterocycles. The molecule has 5 heteroatoms. The van der Waals surface area contributed by atoms with E-state index in [1.165, 1.54) is 0 Å². The van der Waals surface area contributed by atoms with Gasteiger partial charge in [-0.3, -0.25) is 14.3 Å². The van der Waals surface area contributed by atoms with Crippen molar-refractivity contribution in [3.05, 3.63) is 59.2 Å². The fourth-order valence-corrected chi connectivity index (χ4v) is 6.12. The Hall–Kier alpha value is -1.98. The van der Waals surface area contributed by atoms with Crippen molar-refractivity contribution in [1.29, 1.82) is 0 Å². The van der Waals surface area contributed by atoms with Crippen molar-refractivity contribution in [1.82, 2.24) is 5.32 Å². The monoisotopic (exact) mass is 427 g/mol. The maximum absolute atomic E-state index is 13.6. The van der Waals surface area contributed by atoms with Crippen LogP contribution in [0.5, 0.6) is 5.75 Å². The Morgan fingerprint density at radius 1 is 1.13 bits per heavy atom. The zero-order valence-corrected chi connectivity index (χ0v) is 19.1. The Morgan fingerprint density at radius 2 is 1.80 bits per heavy atom. The summed E-state index contributed by atoms with van der Waals surface area (Å²) >= 11 is 0. The van der Waals surface area contributed by atoms with Gasteiger partial charge in [0.2, 0.25) is 0 Å². The van der Waals surface area contributed by atoms with E-state index in [9.17, 15) is 9.00 Å². The van der Waals surface area contributed by atoms with E-state index in [0.29, 0.717) is 17.1 Å². The van der Waals surface area contributed by atoms with E-state index in [4.69, 9.17) is 4.74 Å². The first-order chi connectivity index (χ1) is 14.6. The molecule has 3 rings (SSSR count). The highest BCUT2D eigenvalue weighted by atomic mass is 32.2. The van der Waals surface area contributed by atoms with Gasteiger partial charge in [-0.25, -0.2) is 0 Å². The van der Waals surface area contributed by atoms with E-state index in [1.807, 2.05) is 24.3 Å². The first kappa shape index (κ1) is 22.7. The number of carbonyl (C=O) groups excluding carboxylic acids is 1. The van der Waals surface area contributed by atoms with Crippen molar-refractivity contribution in [3.8, 4) is 5.75 Å². The summed E-state index contributed by atoms with van der Waals surface area (Å²) in [4.78, 5) is 12.4. The van der Waals surface area contributed by atoms with Gasteiger partial charge in [0.1, 0.15) is 5.75 Å². The maximum Gasteiger partial charge on any atom is 0.153 e. The zero-order valence-electron chi connectivity index (χ0n) is 18.3. The summed E-state index contributed by atoms with van der Waals surface area (Å²) in [6.07, 6.45) is 7.16. The number of nitrogens with one attached hydrogen (secondary N) is 1. The van der Waals surface area contributed by atoms with Crippen molar-refractivity contribution in [2.24, 2.45) is 0 Å². The van der Waals surface area contributed by atoms with E-state index in [2.05, 4.69) is 31.3 Å². The van der Waals surface area contributed by atoms with Crippen LogP contribution in [0.25, 0.3) is 0 Å². The predicted molar refractivity (Wildman–Crippen MR) is 123 cm³/mol. The summed E-state index contributed by atoms with van der Waals surface area (Å²) in [6, 6.07) is 13.9. The summed E-state index contributed by atoms with van der Waals surface area (Å²) in [5, 5.41) is 3.95. The van der Waals surface area contributed by atoms with Crippen LogP contribution < -0.4 is 10.1 Å². The SMILES string of the molecule is CCCCC1(CCCC)CS(=O)c2cc(C=O)c(OC)cc2C(c2ccccc2)N1. The van der Waals surface area contributed by atoms with Crippen LogP contribution >= 0.6 is 0 Å². The third-order valence-corrected chi connectivity index (χ3v) is 7.71. The Kier molecular flexibility index (Phi) is 7.84. The summed E-state index contributed by atoms with van der Waals surface area (Å²) in [5.41, 5.74) is 2.32. The predicted octanol–water partition coefficient (Wildman–Crippen LogP) is 5.43. The van der Waals surface area contributed by atoms with Gasteiger partial charge >= 0.3 is 0 Å². The Balaban J connectivity index is 2.18. The normalized spacial score (nSPS) is 20.2. The molecule has 4 nitrogen and oxygen atoms in total. The van der Waals surface area contributed by atoms with E-state index in [-0.39, 0.29) is 11.6 Å². The van der Waals surface area contributed by atoms with Crippen LogP contribution in [0.15, 0.2) is 47.4 Å². The minimum atomic E-state index is -1.20. The molecule has 1 N–H and O–H groups in total. The highest BCUT2D eigenvalue weighted by Crippen LogP contribution is 2.39. The van der Waals surface area contributed by atoms with Crippen molar-refractivity contribution >= 4 is 17.1 Å². The van der Waals surface area contributed by atoms with Gasteiger partial charge in [0, 0.05) is 16.2 Å². The molecule has 2 aromatic carbocycles. The second-order valence-corrected chi connectivity index (χ2v) is 9.63. The van der Waals surface area contributed by atoms with Crippen molar-refractivity contribution in [3.63, 3.8) is 0 Å². The molecule has 0 saturated carbocycles. The van der Waals surface area contributed by atoms with Crippen LogP contribution in [0.3, 0.4) is 0 Å². The molecule has 1 heterocycles. The lowest BCUT2D eigenvalue weighted by atomic mass is 9.86. The Morgan fingerprint density at radius 3 is 2.37 bits per heavy atom. The second kappa shape index (κ2) is 10.4. The number of benzene rings is 2. The van der Waals surface area contributed by atoms with Gasteiger partial charge < -0.3 is 4.74 Å². The number of unbranched alkanes of at least 4 members (excludes halogenated alkanes) is 2. The number of hydrogen-bond donors (Lipinski definition) is 1. The van der Waals surface area contributed by atoms with Gasteiger partial charge in [0.15, 0.2) is 6.29 Å². The smallest absolute Gasteiger partial charge is 0.153 e. The van der Waals surface area contributed by atoms with Crippen LogP contribution in [-0.2, 0) is 10.8 Å². The topological polar surface area (TPSA) is 55.4 Å². The summed E-state index contributed by atoms with van der Waals surface area (Å²) in [7, 11) is 0.367. The van der Waals surface area contributed by atoms with Crippen LogP contribution in [-0.4, -0.2) is 28.9 Å². The van der Waals surface area contributed by atoms with Gasteiger partial charge in [-0.1, -0.05) is 69.9 Å². The lowest BCUT2D eigenvalue weighted by molar-refractivity contribution is 0.112. The minimum absolute atomic E-state index is 0.101. The third kappa shape index (κ3) is 4.84. The molecule has 0 aromatic heterocycles. The van der Waals surface area contributed by atoms with Crippen molar-refractivity contribution < 1.29 is 13.7 Å². The fourth-order valence-electron chi connectivity index (χ4n) is 4.39. The quantitative estimate of drug-likeness (QED) is 0.542. The average molecular weight is 428 g/mol. The average Bonchev–Trinajstić information content (AvgIpc) is 2.90. The number of aldehydes is 1. The number of fused-ring (bicyclic) bond motifs is 1. The van der Waals surface area contributed by atoms with Gasteiger partial charge in [-0.05, 0) is 36.1 Å². The third-order valence-electron chi connectivity index (χ3n) is 6.05. The molecule has 0 bridgehead atoms. The zero-order chi connectivity index (χ0) is 21.6. The van der Waals surface area contributed by atoms with E-state index >= 15 is 0 Å². The van der Waals surface area contributed by atoms with Crippen LogP contribution in [0.2, 0.25) is 0 Å². The second-order valence-electron chi connectivity index (χ2n) is 8.22. The molecule has 1 aliphatic heterocycles. The molecule has 0 fully saturated rings. The number of ether oxygens (including phenoxy) is 1. The lowest BCUT2D eigenvalue weighted by Crippen LogP contribution is -2.50. The van der Waals surface area contributed by atoms with Crippen molar-refractivity contribution in [2.75, 3.05) is 12.9 Å². The molecule has 0 spiro atoms. The summed E-state index contributed by atoms with van der Waals surface area (Å²) < 4.78 is 19.1. The Bertz CT molecular complexity index is 873. The largest absolute Gasteiger partial charge is 0.496 e. The van der Waals surface area contributed by atoms with Gasteiger partial charge in [0.05, 0.1) is 29.5 Å². The molecule has 30 heavy (non-hydrogen) atoms. The molecule has 2 atom stereocenters. The van der Waals surface area contributed by atoms with Crippen LogP contribution in [0.1, 0.15) is 79.9 Å². The molecule has 2 unspecified atom stereocenters. The number of rotatable bonds is 9. The van der Waals surface area contributed by atoms with E-state index < -0.39 is 10.8 Å². The molecule has 1 aliphatic rings. The lowest BCUT2D eigenvalue weighted by Gasteiger charge is -2.37. The maximum atomic E-state index is 13.6.